The second-order valence-electron chi connectivity index (χ2n) is 3.51. The lowest BCUT2D eigenvalue weighted by molar-refractivity contribution is 0.411. The molecule has 0 unspecified atom stereocenters. The molecular weight excluding hydrogens is 238 g/mol. The van der Waals surface area contributed by atoms with E-state index in [2.05, 4.69) is 4.98 Å². The highest BCUT2D eigenvalue weighted by Gasteiger charge is 2.09. The molecule has 18 heavy (non-hydrogen) atoms. The number of halogens is 2. The van der Waals surface area contributed by atoms with Crippen LogP contribution in [0.1, 0.15) is 5.56 Å². The van der Waals surface area contributed by atoms with Crippen molar-refractivity contribution in [3.05, 3.63) is 47.7 Å². The minimum atomic E-state index is -0.955. The number of hydrogen-bond acceptors (Lipinski definition) is 3. The molecule has 0 aliphatic rings. The van der Waals surface area contributed by atoms with E-state index in [1.807, 2.05) is 6.07 Å². The number of rotatable bonds is 2. The topological polar surface area (TPSA) is 45.9 Å². The highest BCUT2D eigenvalue weighted by molar-refractivity contribution is 5.62. The number of aromatic nitrogens is 1. The Hall–Kier alpha value is -2.48. The van der Waals surface area contributed by atoms with E-state index in [9.17, 15) is 8.78 Å². The Labute approximate surface area is 102 Å². The van der Waals surface area contributed by atoms with Gasteiger partial charge in [-0.15, -0.1) is 0 Å². The first-order valence-corrected chi connectivity index (χ1v) is 5.05. The first kappa shape index (κ1) is 12.0. The van der Waals surface area contributed by atoms with Crippen LogP contribution in [0.3, 0.4) is 0 Å². The van der Waals surface area contributed by atoms with Gasteiger partial charge in [0.25, 0.3) is 0 Å². The minimum Gasteiger partial charge on any atom is -0.494 e. The van der Waals surface area contributed by atoms with Crippen LogP contribution in [0.5, 0.6) is 5.75 Å². The number of nitrogens with zero attached hydrogens (tertiary/aromatic N) is 2. The van der Waals surface area contributed by atoms with E-state index in [1.54, 1.807) is 0 Å². The van der Waals surface area contributed by atoms with Crippen LogP contribution in [0.2, 0.25) is 0 Å². The maximum atomic E-state index is 13.1. The molecule has 0 bridgehead atoms. The Balaban J connectivity index is 2.51. The number of benzene rings is 1. The second kappa shape index (κ2) is 4.80. The lowest BCUT2D eigenvalue weighted by atomic mass is 10.1. The highest BCUT2D eigenvalue weighted by atomic mass is 19.2. The van der Waals surface area contributed by atoms with Gasteiger partial charge in [-0.1, -0.05) is 0 Å². The van der Waals surface area contributed by atoms with Crippen molar-refractivity contribution in [3.8, 4) is 23.1 Å². The first-order valence-electron chi connectivity index (χ1n) is 5.05. The van der Waals surface area contributed by atoms with Crippen molar-refractivity contribution in [1.29, 1.82) is 5.26 Å². The van der Waals surface area contributed by atoms with Gasteiger partial charge in [0.2, 0.25) is 0 Å². The molecule has 0 fully saturated rings. The zero-order chi connectivity index (χ0) is 13.1. The molecule has 5 heteroatoms. The van der Waals surface area contributed by atoms with E-state index in [4.69, 9.17) is 10.00 Å². The van der Waals surface area contributed by atoms with Crippen molar-refractivity contribution in [2.75, 3.05) is 7.11 Å². The average Bonchev–Trinajstić information content (AvgIpc) is 2.41. The van der Waals surface area contributed by atoms with Crippen LogP contribution in [-0.2, 0) is 0 Å². The summed E-state index contributed by atoms with van der Waals surface area (Å²) in [5, 5.41) is 8.93. The number of nitriles is 1. The first-order chi connectivity index (χ1) is 8.65. The van der Waals surface area contributed by atoms with E-state index in [1.165, 1.54) is 25.4 Å². The SMILES string of the molecule is COc1cnc(-c2ccc(F)c(F)c2)cc1C#N. The highest BCUT2D eigenvalue weighted by Crippen LogP contribution is 2.24. The van der Waals surface area contributed by atoms with Gasteiger partial charge in [-0.25, -0.2) is 8.78 Å². The summed E-state index contributed by atoms with van der Waals surface area (Å²) in [4.78, 5) is 4.03. The standard InChI is InChI=1S/C13H8F2N2O/c1-18-13-7-17-12(5-9(13)6-16)8-2-3-10(14)11(15)4-8/h2-5,7H,1H3. The fourth-order valence-corrected chi connectivity index (χ4v) is 1.51. The van der Waals surface area contributed by atoms with Crippen LogP contribution in [-0.4, -0.2) is 12.1 Å². The summed E-state index contributed by atoms with van der Waals surface area (Å²) >= 11 is 0. The normalized spacial score (nSPS) is 9.89. The monoisotopic (exact) mass is 246 g/mol. The average molecular weight is 246 g/mol. The van der Waals surface area contributed by atoms with Gasteiger partial charge in [-0.3, -0.25) is 4.98 Å². The maximum Gasteiger partial charge on any atom is 0.159 e. The smallest absolute Gasteiger partial charge is 0.159 e. The zero-order valence-corrected chi connectivity index (χ0v) is 9.45. The molecule has 1 heterocycles. The van der Waals surface area contributed by atoms with Crippen molar-refractivity contribution >= 4 is 0 Å². The van der Waals surface area contributed by atoms with Gasteiger partial charge >= 0.3 is 0 Å². The third-order valence-electron chi connectivity index (χ3n) is 2.42. The Morgan fingerprint density at radius 1 is 1.22 bits per heavy atom. The number of pyridine rings is 1. The number of ether oxygens (including phenoxy) is 1. The molecule has 1 aromatic heterocycles. The summed E-state index contributed by atoms with van der Waals surface area (Å²) in [5.74, 6) is -1.54. The quantitative estimate of drug-likeness (QED) is 0.818. The summed E-state index contributed by atoms with van der Waals surface area (Å²) in [5.41, 5.74) is 1.06. The molecule has 3 nitrogen and oxygen atoms in total. The molecule has 0 aliphatic heterocycles. The largest absolute Gasteiger partial charge is 0.494 e. The molecule has 0 saturated heterocycles. The third-order valence-corrected chi connectivity index (χ3v) is 2.42. The molecule has 2 aromatic rings. The lowest BCUT2D eigenvalue weighted by Gasteiger charge is -2.05. The number of hydrogen-bond donors (Lipinski definition) is 0. The summed E-state index contributed by atoms with van der Waals surface area (Å²) in [6.07, 6.45) is 1.37. The van der Waals surface area contributed by atoms with Gasteiger partial charge in [-0.2, -0.15) is 5.26 Å². The van der Waals surface area contributed by atoms with Crippen molar-refractivity contribution in [1.82, 2.24) is 4.98 Å². The summed E-state index contributed by atoms with van der Waals surface area (Å²) < 4.78 is 30.9. The Kier molecular flexibility index (Phi) is 3.20. The van der Waals surface area contributed by atoms with E-state index in [-0.39, 0.29) is 5.56 Å². The Bertz CT molecular complexity index is 635. The molecular formula is C13H8F2N2O. The van der Waals surface area contributed by atoms with Crippen LogP contribution in [0.25, 0.3) is 11.3 Å². The fraction of sp³-hybridized carbons (Fsp3) is 0.0769. The third kappa shape index (κ3) is 2.13. The van der Waals surface area contributed by atoms with Crippen molar-refractivity contribution in [2.45, 2.75) is 0 Å². The summed E-state index contributed by atoms with van der Waals surface area (Å²) in [6, 6.07) is 6.86. The van der Waals surface area contributed by atoms with Gasteiger partial charge in [0.1, 0.15) is 6.07 Å². The predicted molar refractivity (Wildman–Crippen MR) is 60.9 cm³/mol. The van der Waals surface area contributed by atoms with Gasteiger partial charge in [0.05, 0.1) is 24.6 Å². The van der Waals surface area contributed by atoms with Crippen LogP contribution in [0, 0.1) is 23.0 Å². The van der Waals surface area contributed by atoms with Crippen molar-refractivity contribution < 1.29 is 13.5 Å². The Morgan fingerprint density at radius 3 is 2.61 bits per heavy atom. The molecule has 0 radical (unpaired) electrons. The number of methoxy groups -OCH3 is 1. The van der Waals surface area contributed by atoms with Crippen molar-refractivity contribution in [3.63, 3.8) is 0 Å². The van der Waals surface area contributed by atoms with E-state index < -0.39 is 11.6 Å². The molecule has 0 amide bonds. The van der Waals surface area contributed by atoms with Gasteiger partial charge in [0, 0.05) is 5.56 Å². The lowest BCUT2D eigenvalue weighted by Crippen LogP contribution is -1.93. The minimum absolute atomic E-state index is 0.284. The molecule has 0 aliphatic carbocycles. The summed E-state index contributed by atoms with van der Waals surface area (Å²) in [6.45, 7) is 0. The van der Waals surface area contributed by atoms with Gasteiger partial charge in [0.15, 0.2) is 17.4 Å². The molecule has 0 saturated carbocycles. The maximum absolute atomic E-state index is 13.1. The second-order valence-corrected chi connectivity index (χ2v) is 3.51. The van der Waals surface area contributed by atoms with E-state index in [0.717, 1.165) is 12.1 Å². The molecule has 2 rings (SSSR count). The van der Waals surface area contributed by atoms with Crippen LogP contribution >= 0.6 is 0 Å². The summed E-state index contributed by atoms with van der Waals surface area (Å²) in [7, 11) is 1.43. The molecule has 0 N–H and O–H groups in total. The van der Waals surface area contributed by atoms with Crippen LogP contribution in [0.15, 0.2) is 30.5 Å². The molecule has 90 valence electrons. The van der Waals surface area contributed by atoms with Gasteiger partial charge < -0.3 is 4.74 Å². The predicted octanol–water partition coefficient (Wildman–Crippen LogP) is 2.91. The Morgan fingerprint density at radius 2 is 2.00 bits per heavy atom. The van der Waals surface area contributed by atoms with E-state index in [0.29, 0.717) is 17.0 Å². The zero-order valence-electron chi connectivity index (χ0n) is 9.45. The van der Waals surface area contributed by atoms with Crippen molar-refractivity contribution in [2.24, 2.45) is 0 Å². The molecule has 0 spiro atoms. The molecule has 1 aromatic carbocycles. The van der Waals surface area contributed by atoms with Crippen LogP contribution in [0.4, 0.5) is 8.78 Å². The van der Waals surface area contributed by atoms with Crippen LogP contribution < -0.4 is 4.74 Å². The van der Waals surface area contributed by atoms with E-state index >= 15 is 0 Å². The fourth-order valence-electron chi connectivity index (χ4n) is 1.51. The molecule has 0 atom stereocenters. The van der Waals surface area contributed by atoms with Gasteiger partial charge in [-0.05, 0) is 24.3 Å².